The van der Waals surface area contributed by atoms with Crippen molar-refractivity contribution in [2.45, 2.75) is 25.1 Å². The van der Waals surface area contributed by atoms with Crippen LogP contribution in [0.25, 0.3) is 0 Å². The van der Waals surface area contributed by atoms with Crippen LogP contribution in [0.2, 0.25) is 0 Å². The molecule has 5 nitrogen and oxygen atoms in total. The lowest BCUT2D eigenvalue weighted by Crippen LogP contribution is -2.30. The van der Waals surface area contributed by atoms with E-state index in [1.54, 1.807) is 29.8 Å². The van der Waals surface area contributed by atoms with Gasteiger partial charge < -0.3 is 9.64 Å². The summed E-state index contributed by atoms with van der Waals surface area (Å²) in [4.78, 5) is 29.3. The number of thioether (sulfide) groups is 1. The Morgan fingerprint density at radius 1 is 1.55 bits per heavy atom. The van der Waals surface area contributed by atoms with Crippen LogP contribution >= 0.6 is 11.8 Å². The fraction of sp³-hybridized carbons (Fsp3) is 0.500. The highest BCUT2D eigenvalue weighted by Gasteiger charge is 2.33. The highest BCUT2D eigenvalue weighted by Crippen LogP contribution is 2.37. The Hall–Kier alpha value is -1.56. The SMILES string of the molecule is CCOC(=O)CCCN1C(=O)CSC1c1ccccn1. The van der Waals surface area contributed by atoms with Gasteiger partial charge in [0.15, 0.2) is 0 Å². The molecule has 1 fully saturated rings. The smallest absolute Gasteiger partial charge is 0.305 e. The predicted molar refractivity (Wildman–Crippen MR) is 77.0 cm³/mol. The van der Waals surface area contributed by atoms with Crippen LogP contribution in [0.3, 0.4) is 0 Å². The molecular formula is C14H18N2O3S. The van der Waals surface area contributed by atoms with Crippen LogP contribution < -0.4 is 0 Å². The zero-order valence-corrected chi connectivity index (χ0v) is 12.3. The Balaban J connectivity index is 1.91. The standard InChI is InChI=1S/C14H18N2O3S/c1-2-19-13(18)7-5-9-16-12(17)10-20-14(16)11-6-3-4-8-15-11/h3-4,6,8,14H,2,5,7,9-10H2,1H3. The van der Waals surface area contributed by atoms with E-state index in [1.165, 1.54) is 0 Å². The third-order valence-electron chi connectivity index (χ3n) is 2.99. The number of carbonyl (C=O) groups excluding carboxylic acids is 2. The van der Waals surface area contributed by atoms with Crippen molar-refractivity contribution in [2.75, 3.05) is 18.9 Å². The van der Waals surface area contributed by atoms with Crippen molar-refractivity contribution in [3.63, 3.8) is 0 Å². The summed E-state index contributed by atoms with van der Waals surface area (Å²) in [5.41, 5.74) is 0.888. The van der Waals surface area contributed by atoms with Gasteiger partial charge in [-0.2, -0.15) is 0 Å². The van der Waals surface area contributed by atoms with Crippen LogP contribution in [0.5, 0.6) is 0 Å². The molecule has 0 saturated carbocycles. The van der Waals surface area contributed by atoms with Gasteiger partial charge in [-0.3, -0.25) is 14.6 Å². The summed E-state index contributed by atoms with van der Waals surface area (Å²) in [5.74, 6) is 0.372. The number of amides is 1. The Bertz CT molecular complexity index is 467. The first-order valence-corrected chi connectivity index (χ1v) is 7.75. The van der Waals surface area contributed by atoms with Crippen molar-refractivity contribution in [3.8, 4) is 0 Å². The summed E-state index contributed by atoms with van der Waals surface area (Å²) in [6.07, 6.45) is 2.70. The molecule has 1 aromatic heterocycles. The number of hydrogen-bond acceptors (Lipinski definition) is 5. The molecule has 20 heavy (non-hydrogen) atoms. The minimum atomic E-state index is -0.207. The minimum Gasteiger partial charge on any atom is -0.466 e. The van der Waals surface area contributed by atoms with E-state index < -0.39 is 0 Å². The van der Waals surface area contributed by atoms with Crippen molar-refractivity contribution in [1.29, 1.82) is 0 Å². The molecule has 2 heterocycles. The molecule has 1 aromatic rings. The van der Waals surface area contributed by atoms with Crippen LogP contribution in [0.15, 0.2) is 24.4 Å². The summed E-state index contributed by atoms with van der Waals surface area (Å²) >= 11 is 1.58. The van der Waals surface area contributed by atoms with Crippen molar-refractivity contribution >= 4 is 23.6 Å². The fourth-order valence-corrected chi connectivity index (χ4v) is 3.27. The largest absolute Gasteiger partial charge is 0.466 e. The van der Waals surface area contributed by atoms with Crippen molar-refractivity contribution in [3.05, 3.63) is 30.1 Å². The molecule has 1 unspecified atom stereocenters. The Morgan fingerprint density at radius 2 is 2.40 bits per heavy atom. The first-order chi connectivity index (χ1) is 9.72. The summed E-state index contributed by atoms with van der Waals surface area (Å²) in [5, 5.41) is -0.0362. The summed E-state index contributed by atoms with van der Waals surface area (Å²) < 4.78 is 4.88. The third kappa shape index (κ3) is 3.72. The predicted octanol–water partition coefficient (Wildman–Crippen LogP) is 2.00. The van der Waals surface area contributed by atoms with Gasteiger partial charge >= 0.3 is 5.97 Å². The monoisotopic (exact) mass is 294 g/mol. The molecule has 2 rings (SSSR count). The Kier molecular flexibility index (Phi) is 5.40. The normalized spacial score (nSPS) is 18.4. The summed E-state index contributed by atoms with van der Waals surface area (Å²) in [6, 6.07) is 5.70. The van der Waals surface area contributed by atoms with Gasteiger partial charge in [-0.1, -0.05) is 6.07 Å². The average Bonchev–Trinajstić information content (AvgIpc) is 2.82. The fourth-order valence-electron chi connectivity index (χ4n) is 2.09. The van der Waals surface area contributed by atoms with Crippen molar-refractivity contribution in [1.82, 2.24) is 9.88 Å². The van der Waals surface area contributed by atoms with Crippen LogP contribution in [0.4, 0.5) is 0 Å². The maximum atomic E-state index is 11.9. The van der Waals surface area contributed by atoms with Gasteiger partial charge in [-0.25, -0.2) is 0 Å². The van der Waals surface area contributed by atoms with E-state index in [0.29, 0.717) is 31.7 Å². The lowest BCUT2D eigenvalue weighted by molar-refractivity contribution is -0.143. The maximum Gasteiger partial charge on any atom is 0.305 e. The average molecular weight is 294 g/mol. The molecule has 0 radical (unpaired) electrons. The van der Waals surface area contributed by atoms with E-state index >= 15 is 0 Å². The second kappa shape index (κ2) is 7.28. The van der Waals surface area contributed by atoms with E-state index in [2.05, 4.69) is 4.98 Å². The second-order valence-corrected chi connectivity index (χ2v) is 5.48. The van der Waals surface area contributed by atoms with Crippen LogP contribution in [-0.2, 0) is 14.3 Å². The molecule has 0 N–H and O–H groups in total. The number of aromatic nitrogens is 1. The zero-order chi connectivity index (χ0) is 14.4. The van der Waals surface area contributed by atoms with Gasteiger partial charge in [0.2, 0.25) is 5.91 Å². The first kappa shape index (κ1) is 14.8. The summed E-state index contributed by atoms with van der Waals surface area (Å²) in [7, 11) is 0. The van der Waals surface area contributed by atoms with Gasteiger partial charge in [0.05, 0.1) is 18.1 Å². The molecular weight excluding hydrogens is 276 g/mol. The van der Waals surface area contributed by atoms with E-state index in [4.69, 9.17) is 4.74 Å². The van der Waals surface area contributed by atoms with Gasteiger partial charge in [0, 0.05) is 19.2 Å². The first-order valence-electron chi connectivity index (χ1n) is 6.70. The molecule has 0 bridgehead atoms. The van der Waals surface area contributed by atoms with E-state index in [0.717, 1.165) is 5.69 Å². The lowest BCUT2D eigenvalue weighted by Gasteiger charge is -2.23. The minimum absolute atomic E-state index is 0.0362. The zero-order valence-electron chi connectivity index (χ0n) is 11.4. The van der Waals surface area contributed by atoms with E-state index in [1.807, 2.05) is 18.2 Å². The van der Waals surface area contributed by atoms with Gasteiger partial charge in [-0.15, -0.1) is 11.8 Å². The van der Waals surface area contributed by atoms with Crippen LogP contribution in [0, 0.1) is 0 Å². The maximum absolute atomic E-state index is 11.9. The van der Waals surface area contributed by atoms with Crippen LogP contribution in [-0.4, -0.2) is 40.7 Å². The number of esters is 1. The number of pyridine rings is 1. The van der Waals surface area contributed by atoms with Crippen LogP contribution in [0.1, 0.15) is 30.8 Å². The molecule has 6 heteroatoms. The van der Waals surface area contributed by atoms with Crippen molar-refractivity contribution in [2.24, 2.45) is 0 Å². The molecule has 1 atom stereocenters. The number of rotatable bonds is 6. The molecule has 0 aromatic carbocycles. The number of nitrogens with zero attached hydrogens (tertiary/aromatic N) is 2. The Morgan fingerprint density at radius 3 is 3.10 bits per heavy atom. The van der Waals surface area contributed by atoms with Gasteiger partial charge in [-0.05, 0) is 25.5 Å². The molecule has 0 aliphatic carbocycles. The Labute approximate surface area is 122 Å². The highest BCUT2D eigenvalue weighted by atomic mass is 32.2. The summed E-state index contributed by atoms with van der Waals surface area (Å²) in [6.45, 7) is 2.75. The van der Waals surface area contributed by atoms with E-state index in [-0.39, 0.29) is 17.3 Å². The van der Waals surface area contributed by atoms with Gasteiger partial charge in [0.1, 0.15) is 5.37 Å². The molecule has 1 aliphatic rings. The quantitative estimate of drug-likeness (QED) is 0.751. The molecule has 1 amide bonds. The lowest BCUT2D eigenvalue weighted by atomic mass is 10.2. The number of ether oxygens (including phenoxy) is 1. The number of hydrogen-bond donors (Lipinski definition) is 0. The topological polar surface area (TPSA) is 59.5 Å². The van der Waals surface area contributed by atoms with E-state index in [9.17, 15) is 9.59 Å². The highest BCUT2D eigenvalue weighted by molar-refractivity contribution is 8.00. The molecule has 1 aliphatic heterocycles. The second-order valence-electron chi connectivity index (χ2n) is 4.41. The molecule has 0 spiro atoms. The molecule has 1 saturated heterocycles. The third-order valence-corrected chi connectivity index (χ3v) is 4.22. The number of carbonyl (C=O) groups is 2. The van der Waals surface area contributed by atoms with Gasteiger partial charge in [0.25, 0.3) is 0 Å². The van der Waals surface area contributed by atoms with Crippen molar-refractivity contribution < 1.29 is 14.3 Å². The molecule has 108 valence electrons.